The number of guanidine groups is 1. The van der Waals surface area contributed by atoms with Crippen LogP contribution in [0.5, 0.6) is 0 Å². The third-order valence-corrected chi connectivity index (χ3v) is 4.83. The van der Waals surface area contributed by atoms with Crippen molar-refractivity contribution < 1.29 is 12.8 Å². The normalized spacial score (nSPS) is 16.4. The van der Waals surface area contributed by atoms with Crippen LogP contribution in [0.4, 0.5) is 4.39 Å². The maximum Gasteiger partial charge on any atom is 0.191 e. The summed E-state index contributed by atoms with van der Waals surface area (Å²) in [6.07, 6.45) is 3.06. The summed E-state index contributed by atoms with van der Waals surface area (Å²) in [5.74, 6) is 0.402. The minimum atomic E-state index is -3.00. The first-order valence-corrected chi connectivity index (χ1v) is 9.30. The lowest BCUT2D eigenvalue weighted by Gasteiger charge is -2.19. The van der Waals surface area contributed by atoms with Crippen molar-refractivity contribution in [2.75, 3.05) is 32.1 Å². The van der Waals surface area contributed by atoms with Crippen molar-refractivity contribution in [3.63, 3.8) is 0 Å². The monoisotopic (exact) mass is 455 g/mol. The quantitative estimate of drug-likeness (QED) is 0.389. The van der Waals surface area contributed by atoms with E-state index in [0.717, 1.165) is 18.4 Å². The summed E-state index contributed by atoms with van der Waals surface area (Å²) in [5, 5.41) is 6.12. The molecule has 2 N–H and O–H groups in total. The van der Waals surface area contributed by atoms with Crippen LogP contribution in [0.2, 0.25) is 0 Å². The van der Waals surface area contributed by atoms with E-state index in [9.17, 15) is 12.8 Å². The fraction of sp³-hybridized carbons (Fsp3) is 0.533. The molecule has 1 aromatic rings. The van der Waals surface area contributed by atoms with Gasteiger partial charge in [-0.05, 0) is 24.5 Å². The predicted molar refractivity (Wildman–Crippen MR) is 102 cm³/mol. The highest BCUT2D eigenvalue weighted by atomic mass is 127. The van der Waals surface area contributed by atoms with E-state index < -0.39 is 9.84 Å². The van der Waals surface area contributed by atoms with Gasteiger partial charge in [-0.15, -0.1) is 24.0 Å². The molecule has 130 valence electrons. The minimum absolute atomic E-state index is 0. The average Bonchev–Trinajstić information content (AvgIpc) is 3.23. The van der Waals surface area contributed by atoms with Gasteiger partial charge in [-0.2, -0.15) is 0 Å². The molecule has 0 bridgehead atoms. The Bertz CT molecular complexity index is 660. The molecule has 0 amide bonds. The molecular formula is C15H23FIN3O2S. The Balaban J connectivity index is 0.00000264. The molecule has 1 aliphatic carbocycles. The summed E-state index contributed by atoms with van der Waals surface area (Å²) in [5.41, 5.74) is 0.550. The first-order valence-electron chi connectivity index (χ1n) is 7.24. The Morgan fingerprint density at radius 3 is 2.48 bits per heavy atom. The SMILES string of the molecule is CN=C(NCCS(C)(=O)=O)NCC1(c2ccccc2F)CC1.I. The zero-order valence-electron chi connectivity index (χ0n) is 13.3. The predicted octanol–water partition coefficient (Wildman–Crippen LogP) is 1.68. The number of rotatable bonds is 6. The number of sulfone groups is 1. The fourth-order valence-electron chi connectivity index (χ4n) is 2.41. The van der Waals surface area contributed by atoms with E-state index >= 15 is 0 Å². The van der Waals surface area contributed by atoms with E-state index in [-0.39, 0.29) is 41.0 Å². The highest BCUT2D eigenvalue weighted by Gasteiger charge is 2.45. The molecule has 0 heterocycles. The van der Waals surface area contributed by atoms with Crippen molar-refractivity contribution in [1.82, 2.24) is 10.6 Å². The van der Waals surface area contributed by atoms with Gasteiger partial charge in [-0.3, -0.25) is 4.99 Å². The molecule has 5 nitrogen and oxygen atoms in total. The molecule has 1 aromatic carbocycles. The standard InChI is InChI=1S/C15H22FN3O2S.HI/c1-17-14(18-9-10-22(2,20)21)19-11-15(7-8-15)12-5-3-4-6-13(12)16;/h3-6H,7-11H2,1-2H3,(H2,17,18,19);1H. The first kappa shape index (κ1) is 20.1. The number of halogens is 2. The van der Waals surface area contributed by atoms with Crippen LogP contribution in [0.15, 0.2) is 29.3 Å². The lowest BCUT2D eigenvalue weighted by Crippen LogP contribution is -2.42. The van der Waals surface area contributed by atoms with Crippen LogP contribution < -0.4 is 10.6 Å². The first-order chi connectivity index (χ1) is 10.4. The number of hydrogen-bond donors (Lipinski definition) is 2. The second-order valence-corrected chi connectivity index (χ2v) is 8.00. The Labute approximate surface area is 154 Å². The Hall–Kier alpha value is -0.900. The Morgan fingerprint density at radius 2 is 1.96 bits per heavy atom. The summed E-state index contributed by atoms with van der Waals surface area (Å²) in [6, 6.07) is 6.84. The van der Waals surface area contributed by atoms with Crippen LogP contribution in [0.3, 0.4) is 0 Å². The molecule has 0 unspecified atom stereocenters. The molecule has 0 radical (unpaired) electrons. The molecule has 0 atom stereocenters. The molecule has 1 aliphatic rings. The van der Waals surface area contributed by atoms with Gasteiger partial charge < -0.3 is 10.6 Å². The second kappa shape index (κ2) is 8.27. The smallest absolute Gasteiger partial charge is 0.191 e. The van der Waals surface area contributed by atoms with Gasteiger partial charge in [0.15, 0.2) is 5.96 Å². The third-order valence-electron chi connectivity index (χ3n) is 3.88. The number of nitrogens with zero attached hydrogens (tertiary/aromatic N) is 1. The van der Waals surface area contributed by atoms with Crippen molar-refractivity contribution in [3.8, 4) is 0 Å². The fourth-order valence-corrected chi connectivity index (χ4v) is 2.88. The van der Waals surface area contributed by atoms with E-state index in [4.69, 9.17) is 0 Å². The van der Waals surface area contributed by atoms with Gasteiger partial charge in [0.2, 0.25) is 0 Å². The van der Waals surface area contributed by atoms with Crippen molar-refractivity contribution in [3.05, 3.63) is 35.6 Å². The van der Waals surface area contributed by atoms with Gasteiger partial charge in [0.05, 0.1) is 5.75 Å². The summed E-state index contributed by atoms with van der Waals surface area (Å²) in [4.78, 5) is 4.06. The Morgan fingerprint density at radius 1 is 1.30 bits per heavy atom. The zero-order valence-corrected chi connectivity index (χ0v) is 16.4. The number of benzene rings is 1. The maximum absolute atomic E-state index is 13.9. The summed E-state index contributed by atoms with van der Waals surface area (Å²) >= 11 is 0. The summed E-state index contributed by atoms with van der Waals surface area (Å²) in [7, 11) is -1.38. The number of hydrogen-bond acceptors (Lipinski definition) is 3. The van der Waals surface area contributed by atoms with Gasteiger partial charge in [-0.25, -0.2) is 12.8 Å². The van der Waals surface area contributed by atoms with E-state index in [0.29, 0.717) is 19.0 Å². The molecule has 0 aromatic heterocycles. The molecule has 23 heavy (non-hydrogen) atoms. The Kier molecular flexibility index (Phi) is 7.25. The van der Waals surface area contributed by atoms with Crippen LogP contribution in [0.1, 0.15) is 18.4 Å². The van der Waals surface area contributed by atoms with Crippen molar-refractivity contribution >= 4 is 39.8 Å². The van der Waals surface area contributed by atoms with Crippen LogP contribution in [0.25, 0.3) is 0 Å². The van der Waals surface area contributed by atoms with Crippen LogP contribution in [-0.4, -0.2) is 46.5 Å². The van der Waals surface area contributed by atoms with Gasteiger partial charge in [0, 0.05) is 31.8 Å². The van der Waals surface area contributed by atoms with Gasteiger partial charge in [-0.1, -0.05) is 18.2 Å². The molecule has 2 rings (SSSR count). The highest BCUT2D eigenvalue weighted by molar-refractivity contribution is 14.0. The molecule has 1 fully saturated rings. The van der Waals surface area contributed by atoms with Crippen molar-refractivity contribution in [1.29, 1.82) is 0 Å². The molecule has 0 saturated heterocycles. The second-order valence-electron chi connectivity index (χ2n) is 5.74. The molecule has 8 heteroatoms. The summed E-state index contributed by atoms with van der Waals surface area (Å²) in [6.45, 7) is 0.873. The lowest BCUT2D eigenvalue weighted by atomic mass is 9.95. The lowest BCUT2D eigenvalue weighted by molar-refractivity contribution is 0.560. The van der Waals surface area contributed by atoms with Crippen molar-refractivity contribution in [2.24, 2.45) is 4.99 Å². The van der Waals surface area contributed by atoms with Gasteiger partial charge in [0.25, 0.3) is 0 Å². The topological polar surface area (TPSA) is 70.6 Å². The van der Waals surface area contributed by atoms with Crippen molar-refractivity contribution in [2.45, 2.75) is 18.3 Å². The summed E-state index contributed by atoms with van der Waals surface area (Å²) < 4.78 is 36.1. The average molecular weight is 455 g/mol. The van der Waals surface area contributed by atoms with E-state index in [1.54, 1.807) is 13.1 Å². The molecule has 1 saturated carbocycles. The zero-order chi connectivity index (χ0) is 16.2. The van der Waals surface area contributed by atoms with Crippen LogP contribution in [0, 0.1) is 5.82 Å². The number of aliphatic imine (C=N–C) groups is 1. The third kappa shape index (κ3) is 5.91. The van der Waals surface area contributed by atoms with Gasteiger partial charge in [0.1, 0.15) is 15.7 Å². The van der Waals surface area contributed by atoms with Crippen LogP contribution in [-0.2, 0) is 15.3 Å². The van der Waals surface area contributed by atoms with Crippen LogP contribution >= 0.6 is 24.0 Å². The molecular weight excluding hydrogens is 432 g/mol. The van der Waals surface area contributed by atoms with E-state index in [1.807, 2.05) is 12.1 Å². The maximum atomic E-state index is 13.9. The molecule has 0 spiro atoms. The highest BCUT2D eigenvalue weighted by Crippen LogP contribution is 2.48. The minimum Gasteiger partial charge on any atom is -0.356 e. The largest absolute Gasteiger partial charge is 0.356 e. The molecule has 0 aliphatic heterocycles. The van der Waals surface area contributed by atoms with E-state index in [2.05, 4.69) is 15.6 Å². The van der Waals surface area contributed by atoms with E-state index in [1.165, 1.54) is 12.3 Å². The number of nitrogens with one attached hydrogen (secondary N) is 2. The van der Waals surface area contributed by atoms with Gasteiger partial charge >= 0.3 is 0 Å².